The lowest BCUT2D eigenvalue weighted by Crippen LogP contribution is -2.01. The highest BCUT2D eigenvalue weighted by atomic mass is 14.1. The van der Waals surface area contributed by atoms with Gasteiger partial charge < -0.3 is 0 Å². The van der Waals surface area contributed by atoms with Gasteiger partial charge in [0.05, 0.1) is 0 Å². The third-order valence-electron chi connectivity index (χ3n) is 4.96. The molecule has 0 aliphatic heterocycles. The molecule has 0 aromatic heterocycles. The van der Waals surface area contributed by atoms with Crippen molar-refractivity contribution in [2.45, 2.75) is 106 Å². The van der Waals surface area contributed by atoms with E-state index in [4.69, 9.17) is 0 Å². The molecule has 0 unspecified atom stereocenters. The summed E-state index contributed by atoms with van der Waals surface area (Å²) in [5.74, 6) is 3.71. The van der Waals surface area contributed by atoms with Crippen LogP contribution in [0.2, 0.25) is 0 Å². The summed E-state index contributed by atoms with van der Waals surface area (Å²) in [4.78, 5) is 0. The van der Waals surface area contributed by atoms with Crippen molar-refractivity contribution < 1.29 is 0 Å². The average Bonchev–Trinajstić information content (AvgIpc) is 2.38. The monoisotopic (exact) mass is 282 g/mol. The van der Waals surface area contributed by atoms with E-state index in [2.05, 4.69) is 41.5 Å². The van der Waals surface area contributed by atoms with Crippen molar-refractivity contribution >= 4 is 0 Å². The van der Waals surface area contributed by atoms with Crippen LogP contribution >= 0.6 is 0 Å². The van der Waals surface area contributed by atoms with Gasteiger partial charge in [0, 0.05) is 0 Å². The van der Waals surface area contributed by atoms with Gasteiger partial charge in [-0.2, -0.15) is 0 Å². The molecule has 0 heterocycles. The molecular weight excluding hydrogens is 240 g/mol. The molecule has 0 saturated heterocycles. The van der Waals surface area contributed by atoms with Crippen LogP contribution in [0.15, 0.2) is 0 Å². The minimum Gasteiger partial charge on any atom is -0.0651 e. The Bertz CT molecular complexity index is 194. The van der Waals surface area contributed by atoms with Crippen LogP contribution in [-0.2, 0) is 0 Å². The average molecular weight is 283 g/mol. The predicted molar refractivity (Wildman–Crippen MR) is 94.2 cm³/mol. The quantitative estimate of drug-likeness (QED) is 0.328. The second-order valence-corrected chi connectivity index (χ2v) is 7.91. The van der Waals surface area contributed by atoms with E-state index in [1.165, 1.54) is 64.2 Å². The van der Waals surface area contributed by atoms with Crippen LogP contribution in [0.5, 0.6) is 0 Å². The van der Waals surface area contributed by atoms with Crippen LogP contribution in [-0.4, -0.2) is 0 Å². The van der Waals surface area contributed by atoms with Gasteiger partial charge >= 0.3 is 0 Å². The molecule has 0 rings (SSSR count). The molecule has 0 aliphatic carbocycles. The highest BCUT2D eigenvalue weighted by Crippen LogP contribution is 2.22. The highest BCUT2D eigenvalue weighted by molar-refractivity contribution is 4.60. The zero-order valence-corrected chi connectivity index (χ0v) is 15.4. The summed E-state index contributed by atoms with van der Waals surface area (Å²) in [6.07, 6.45) is 14.3. The normalized spacial score (nSPS) is 16.4. The fraction of sp³-hybridized carbons (Fsp3) is 1.00. The van der Waals surface area contributed by atoms with Crippen molar-refractivity contribution in [2.24, 2.45) is 23.7 Å². The van der Waals surface area contributed by atoms with Crippen LogP contribution in [0.3, 0.4) is 0 Å². The van der Waals surface area contributed by atoms with Gasteiger partial charge in [-0.25, -0.2) is 0 Å². The molecule has 3 atom stereocenters. The Labute approximate surface area is 130 Å². The van der Waals surface area contributed by atoms with E-state index in [1.807, 2.05) is 0 Å². The van der Waals surface area contributed by atoms with Gasteiger partial charge in [-0.05, 0) is 23.7 Å². The predicted octanol–water partition coefficient (Wildman–Crippen LogP) is 7.47. The molecule has 0 spiro atoms. The first kappa shape index (κ1) is 20.0. The van der Waals surface area contributed by atoms with Crippen LogP contribution < -0.4 is 0 Å². The molecule has 0 aromatic carbocycles. The standard InChI is InChI=1S/C20H42/c1-7-18(4)12-9-14-20(6)16-10-15-19(5)13-8-11-17(2)3/h17-20H,7-16H2,1-6H3/t18-,19+,20-/m0/s1. The molecule has 0 nitrogen and oxygen atoms in total. The van der Waals surface area contributed by atoms with Crippen molar-refractivity contribution in [2.75, 3.05) is 0 Å². The molecule has 0 bridgehead atoms. The summed E-state index contributed by atoms with van der Waals surface area (Å²) in [5.41, 5.74) is 0. The van der Waals surface area contributed by atoms with E-state index in [9.17, 15) is 0 Å². The molecule has 122 valence electrons. The van der Waals surface area contributed by atoms with Crippen LogP contribution in [0, 0.1) is 23.7 Å². The van der Waals surface area contributed by atoms with Crippen LogP contribution in [0.4, 0.5) is 0 Å². The van der Waals surface area contributed by atoms with Gasteiger partial charge in [0.25, 0.3) is 0 Å². The second kappa shape index (κ2) is 12.7. The molecule has 0 fully saturated rings. The summed E-state index contributed by atoms with van der Waals surface area (Å²) in [6.45, 7) is 14.3. The first-order valence-corrected chi connectivity index (χ1v) is 9.45. The number of hydrogen-bond acceptors (Lipinski definition) is 0. The Morgan fingerprint density at radius 2 is 0.850 bits per heavy atom. The van der Waals surface area contributed by atoms with Crippen LogP contribution in [0.25, 0.3) is 0 Å². The van der Waals surface area contributed by atoms with Gasteiger partial charge in [-0.1, -0.05) is 106 Å². The Hall–Kier alpha value is 0. The molecule has 0 aliphatic rings. The Kier molecular flexibility index (Phi) is 12.7. The largest absolute Gasteiger partial charge is 0.0651 e. The highest BCUT2D eigenvalue weighted by Gasteiger charge is 2.07. The van der Waals surface area contributed by atoms with Crippen molar-refractivity contribution in [3.8, 4) is 0 Å². The Morgan fingerprint density at radius 1 is 0.500 bits per heavy atom. The maximum Gasteiger partial charge on any atom is -0.0443 e. The molecule has 0 amide bonds. The van der Waals surface area contributed by atoms with Gasteiger partial charge in [0.15, 0.2) is 0 Å². The molecule has 20 heavy (non-hydrogen) atoms. The summed E-state index contributed by atoms with van der Waals surface area (Å²) < 4.78 is 0. The maximum absolute atomic E-state index is 2.46. The smallest absolute Gasteiger partial charge is 0.0443 e. The second-order valence-electron chi connectivity index (χ2n) is 7.91. The Balaban J connectivity index is 3.43. The van der Waals surface area contributed by atoms with Gasteiger partial charge in [-0.15, -0.1) is 0 Å². The molecule has 0 heteroatoms. The summed E-state index contributed by atoms with van der Waals surface area (Å²) in [5, 5.41) is 0. The maximum atomic E-state index is 2.46. The van der Waals surface area contributed by atoms with Crippen LogP contribution in [0.1, 0.15) is 106 Å². The van der Waals surface area contributed by atoms with E-state index >= 15 is 0 Å². The molecule has 0 aromatic rings. The first-order chi connectivity index (χ1) is 9.45. The lowest BCUT2D eigenvalue weighted by atomic mass is 9.91. The van der Waals surface area contributed by atoms with Crippen molar-refractivity contribution in [1.82, 2.24) is 0 Å². The minimum atomic E-state index is 0.882. The third kappa shape index (κ3) is 13.0. The molecule has 0 radical (unpaired) electrons. The van der Waals surface area contributed by atoms with Crippen molar-refractivity contribution in [1.29, 1.82) is 0 Å². The van der Waals surface area contributed by atoms with E-state index in [1.54, 1.807) is 0 Å². The fourth-order valence-corrected chi connectivity index (χ4v) is 3.00. The van der Waals surface area contributed by atoms with Gasteiger partial charge in [0.1, 0.15) is 0 Å². The van der Waals surface area contributed by atoms with Crippen molar-refractivity contribution in [3.63, 3.8) is 0 Å². The van der Waals surface area contributed by atoms with Gasteiger partial charge in [0.2, 0.25) is 0 Å². The summed E-state index contributed by atoms with van der Waals surface area (Å²) >= 11 is 0. The van der Waals surface area contributed by atoms with E-state index in [0.29, 0.717) is 0 Å². The van der Waals surface area contributed by atoms with Crippen molar-refractivity contribution in [3.05, 3.63) is 0 Å². The summed E-state index contributed by atoms with van der Waals surface area (Å²) in [7, 11) is 0. The summed E-state index contributed by atoms with van der Waals surface area (Å²) in [6, 6.07) is 0. The van der Waals surface area contributed by atoms with E-state index in [-0.39, 0.29) is 0 Å². The van der Waals surface area contributed by atoms with Gasteiger partial charge in [-0.3, -0.25) is 0 Å². The van der Waals surface area contributed by atoms with E-state index in [0.717, 1.165) is 23.7 Å². The Morgan fingerprint density at radius 3 is 1.20 bits per heavy atom. The topological polar surface area (TPSA) is 0 Å². The third-order valence-corrected chi connectivity index (χ3v) is 4.96. The lowest BCUT2D eigenvalue weighted by molar-refractivity contribution is 0.376. The lowest BCUT2D eigenvalue weighted by Gasteiger charge is -2.15. The fourth-order valence-electron chi connectivity index (χ4n) is 3.00. The molecule has 0 N–H and O–H groups in total. The molecule has 0 saturated carbocycles. The SMILES string of the molecule is CC[C@H](C)CCC[C@H](C)CCC[C@H](C)CCCC(C)C. The number of rotatable bonds is 13. The number of hydrogen-bond donors (Lipinski definition) is 0. The zero-order chi connectivity index (χ0) is 15.4. The minimum absolute atomic E-state index is 0.882. The first-order valence-electron chi connectivity index (χ1n) is 9.45. The molecular formula is C20H42. The van der Waals surface area contributed by atoms with E-state index < -0.39 is 0 Å². The zero-order valence-electron chi connectivity index (χ0n) is 15.4.